The topological polar surface area (TPSA) is 96.7 Å². The minimum atomic E-state index is -0.261. The molecule has 7 nitrogen and oxygen atoms in total. The molecule has 2 N–H and O–H groups in total. The third-order valence-corrected chi connectivity index (χ3v) is 3.22. The van der Waals surface area contributed by atoms with Crippen molar-refractivity contribution in [3.05, 3.63) is 65.6 Å². The van der Waals surface area contributed by atoms with Gasteiger partial charge >= 0.3 is 0 Å². The molecular formula is C15H15N5O2. The van der Waals surface area contributed by atoms with Crippen LogP contribution >= 0.6 is 0 Å². The predicted octanol–water partition coefficient (Wildman–Crippen LogP) is 1.81. The fourth-order valence-corrected chi connectivity index (χ4v) is 2.15. The highest BCUT2D eigenvalue weighted by molar-refractivity contribution is 5.93. The Hall–Kier alpha value is -2.96. The van der Waals surface area contributed by atoms with Crippen molar-refractivity contribution in [2.24, 2.45) is 0 Å². The molecule has 2 aromatic heterocycles. The van der Waals surface area contributed by atoms with Gasteiger partial charge in [0.25, 0.3) is 5.91 Å². The van der Waals surface area contributed by atoms with E-state index in [0.717, 1.165) is 5.56 Å². The van der Waals surface area contributed by atoms with E-state index < -0.39 is 0 Å². The Bertz CT molecular complexity index is 736. The molecule has 0 bridgehead atoms. The average Bonchev–Trinajstić information content (AvgIpc) is 3.19. The molecule has 112 valence electrons. The SMILES string of the molecule is Cc1noc(C[C@@H](NC(=O)c2cn[nH]c2)c2ccccc2)n1. The van der Waals surface area contributed by atoms with E-state index in [1.54, 1.807) is 13.1 Å². The zero-order valence-corrected chi connectivity index (χ0v) is 12.0. The Kier molecular flexibility index (Phi) is 3.95. The molecule has 1 aromatic carbocycles. The van der Waals surface area contributed by atoms with Crippen LogP contribution in [0, 0.1) is 6.92 Å². The van der Waals surface area contributed by atoms with Crippen molar-refractivity contribution >= 4 is 5.91 Å². The monoisotopic (exact) mass is 297 g/mol. The molecule has 1 amide bonds. The Morgan fingerprint density at radius 1 is 1.36 bits per heavy atom. The number of aromatic nitrogens is 4. The van der Waals surface area contributed by atoms with Gasteiger partial charge in [-0.2, -0.15) is 10.1 Å². The van der Waals surface area contributed by atoms with Gasteiger partial charge < -0.3 is 9.84 Å². The van der Waals surface area contributed by atoms with Gasteiger partial charge in [-0.1, -0.05) is 35.5 Å². The molecule has 0 saturated carbocycles. The first-order valence-electron chi connectivity index (χ1n) is 6.86. The van der Waals surface area contributed by atoms with Crippen LogP contribution in [0.2, 0.25) is 0 Å². The molecular weight excluding hydrogens is 282 g/mol. The molecule has 22 heavy (non-hydrogen) atoms. The van der Waals surface area contributed by atoms with E-state index in [1.165, 1.54) is 6.20 Å². The Morgan fingerprint density at radius 3 is 2.82 bits per heavy atom. The number of aryl methyl sites for hydroxylation is 1. The number of nitrogens with one attached hydrogen (secondary N) is 2. The molecule has 1 atom stereocenters. The van der Waals surface area contributed by atoms with Crippen molar-refractivity contribution in [3.8, 4) is 0 Å². The van der Waals surface area contributed by atoms with Crippen molar-refractivity contribution in [1.29, 1.82) is 0 Å². The van der Waals surface area contributed by atoms with Gasteiger partial charge in [-0.25, -0.2) is 0 Å². The number of hydrogen-bond acceptors (Lipinski definition) is 5. The second-order valence-electron chi connectivity index (χ2n) is 4.86. The highest BCUT2D eigenvalue weighted by atomic mass is 16.5. The fourth-order valence-electron chi connectivity index (χ4n) is 2.15. The van der Waals surface area contributed by atoms with Crippen molar-refractivity contribution in [1.82, 2.24) is 25.7 Å². The Balaban J connectivity index is 1.81. The fraction of sp³-hybridized carbons (Fsp3) is 0.200. The highest BCUT2D eigenvalue weighted by Crippen LogP contribution is 2.18. The van der Waals surface area contributed by atoms with Gasteiger partial charge in [0.1, 0.15) is 0 Å². The molecule has 0 unspecified atom stereocenters. The standard InChI is InChI=1S/C15H15N5O2/c1-10-18-14(22-20-10)7-13(11-5-3-2-4-6-11)19-15(21)12-8-16-17-9-12/h2-6,8-9,13H,7H2,1H3,(H,16,17)(H,19,21)/t13-/m1/s1. The summed E-state index contributed by atoms with van der Waals surface area (Å²) in [5.41, 5.74) is 1.44. The summed E-state index contributed by atoms with van der Waals surface area (Å²) in [4.78, 5) is 16.4. The van der Waals surface area contributed by atoms with Crippen LogP contribution < -0.4 is 5.32 Å². The molecule has 0 radical (unpaired) electrons. The number of rotatable bonds is 5. The summed E-state index contributed by atoms with van der Waals surface area (Å²) in [7, 11) is 0. The molecule has 3 rings (SSSR count). The first-order valence-corrected chi connectivity index (χ1v) is 6.86. The maximum atomic E-state index is 12.2. The molecule has 0 aliphatic rings. The second-order valence-corrected chi connectivity index (χ2v) is 4.86. The van der Waals surface area contributed by atoms with Gasteiger partial charge in [0, 0.05) is 6.20 Å². The van der Waals surface area contributed by atoms with Crippen LogP contribution in [0.25, 0.3) is 0 Å². The van der Waals surface area contributed by atoms with Crippen LogP contribution in [0.1, 0.15) is 33.7 Å². The van der Waals surface area contributed by atoms with Crippen LogP contribution in [0.4, 0.5) is 0 Å². The van der Waals surface area contributed by atoms with E-state index in [9.17, 15) is 4.79 Å². The minimum absolute atomic E-state index is 0.209. The molecule has 7 heteroatoms. The number of benzene rings is 1. The molecule has 0 spiro atoms. The predicted molar refractivity (Wildman–Crippen MR) is 78.0 cm³/mol. The average molecular weight is 297 g/mol. The Morgan fingerprint density at radius 2 is 2.18 bits per heavy atom. The number of carbonyl (C=O) groups excluding carboxylic acids is 1. The third kappa shape index (κ3) is 3.20. The number of aromatic amines is 1. The van der Waals surface area contributed by atoms with Gasteiger partial charge in [-0.3, -0.25) is 9.89 Å². The van der Waals surface area contributed by atoms with Crippen LogP contribution in [-0.2, 0) is 6.42 Å². The summed E-state index contributed by atoms with van der Waals surface area (Å²) in [5, 5.41) is 13.2. The van der Waals surface area contributed by atoms with E-state index in [4.69, 9.17) is 4.52 Å². The van der Waals surface area contributed by atoms with Crippen LogP contribution in [-0.4, -0.2) is 26.2 Å². The lowest BCUT2D eigenvalue weighted by molar-refractivity contribution is 0.0935. The molecule has 0 aliphatic carbocycles. The number of nitrogens with zero attached hydrogens (tertiary/aromatic N) is 3. The molecule has 0 saturated heterocycles. The van der Waals surface area contributed by atoms with E-state index in [1.807, 2.05) is 30.3 Å². The lowest BCUT2D eigenvalue weighted by Crippen LogP contribution is -2.29. The van der Waals surface area contributed by atoms with Crippen molar-refractivity contribution in [3.63, 3.8) is 0 Å². The summed E-state index contributed by atoms with van der Waals surface area (Å²) < 4.78 is 5.16. The zero-order chi connectivity index (χ0) is 15.4. The lowest BCUT2D eigenvalue weighted by atomic mass is 10.0. The second kappa shape index (κ2) is 6.21. The van der Waals surface area contributed by atoms with Crippen LogP contribution in [0.15, 0.2) is 47.2 Å². The molecule has 3 aromatic rings. The normalized spacial score (nSPS) is 12.0. The number of carbonyl (C=O) groups is 1. The summed E-state index contributed by atoms with van der Waals surface area (Å²) in [6, 6.07) is 9.41. The summed E-state index contributed by atoms with van der Waals surface area (Å²) in [6.07, 6.45) is 3.46. The van der Waals surface area contributed by atoms with Crippen LogP contribution in [0.3, 0.4) is 0 Å². The van der Waals surface area contributed by atoms with Gasteiger partial charge in [0.15, 0.2) is 5.82 Å². The first-order chi connectivity index (χ1) is 10.7. The van der Waals surface area contributed by atoms with Crippen molar-refractivity contribution in [2.45, 2.75) is 19.4 Å². The highest BCUT2D eigenvalue weighted by Gasteiger charge is 2.19. The molecule has 2 heterocycles. The van der Waals surface area contributed by atoms with Crippen molar-refractivity contribution in [2.75, 3.05) is 0 Å². The number of hydrogen-bond donors (Lipinski definition) is 2. The van der Waals surface area contributed by atoms with Gasteiger partial charge in [-0.15, -0.1) is 0 Å². The van der Waals surface area contributed by atoms with E-state index in [2.05, 4.69) is 25.7 Å². The third-order valence-electron chi connectivity index (χ3n) is 3.22. The number of H-pyrrole nitrogens is 1. The smallest absolute Gasteiger partial charge is 0.254 e. The van der Waals surface area contributed by atoms with E-state index in [0.29, 0.717) is 23.7 Å². The molecule has 0 aliphatic heterocycles. The quantitative estimate of drug-likeness (QED) is 0.748. The summed E-state index contributed by atoms with van der Waals surface area (Å²) in [5.74, 6) is 0.848. The lowest BCUT2D eigenvalue weighted by Gasteiger charge is -2.17. The largest absolute Gasteiger partial charge is 0.345 e. The van der Waals surface area contributed by atoms with Crippen molar-refractivity contribution < 1.29 is 9.32 Å². The molecule has 0 fully saturated rings. The van der Waals surface area contributed by atoms with Crippen LogP contribution in [0.5, 0.6) is 0 Å². The first kappa shape index (κ1) is 14.0. The minimum Gasteiger partial charge on any atom is -0.345 e. The maximum absolute atomic E-state index is 12.2. The number of amides is 1. The maximum Gasteiger partial charge on any atom is 0.254 e. The van der Waals surface area contributed by atoms with E-state index in [-0.39, 0.29) is 11.9 Å². The summed E-state index contributed by atoms with van der Waals surface area (Å²) >= 11 is 0. The van der Waals surface area contributed by atoms with E-state index >= 15 is 0 Å². The zero-order valence-electron chi connectivity index (χ0n) is 12.0. The van der Waals surface area contributed by atoms with Gasteiger partial charge in [-0.05, 0) is 12.5 Å². The Labute approximate surface area is 126 Å². The van der Waals surface area contributed by atoms with Gasteiger partial charge in [0.05, 0.1) is 24.2 Å². The van der Waals surface area contributed by atoms with Gasteiger partial charge in [0.2, 0.25) is 5.89 Å². The summed E-state index contributed by atoms with van der Waals surface area (Å²) in [6.45, 7) is 1.76.